The van der Waals surface area contributed by atoms with Gasteiger partial charge < -0.3 is 14.8 Å². The average Bonchev–Trinajstić information content (AvgIpc) is 2.91. The number of nitrogens with one attached hydrogen (secondary N) is 1. The summed E-state index contributed by atoms with van der Waals surface area (Å²) < 4.78 is 11.4. The van der Waals surface area contributed by atoms with Crippen molar-refractivity contribution in [1.29, 1.82) is 0 Å². The molecule has 0 bridgehead atoms. The van der Waals surface area contributed by atoms with E-state index in [9.17, 15) is 0 Å². The number of pyridine rings is 1. The molecular weight excluding hydrogens is 264 g/mol. The maximum Gasteiger partial charge on any atom is 0.212 e. The molecular formula is C17H26N2O2. The maximum atomic E-state index is 6.37. The highest BCUT2D eigenvalue weighted by atomic mass is 16.5. The smallest absolute Gasteiger partial charge is 0.212 e. The Bertz CT molecular complexity index is 441. The highest BCUT2D eigenvalue weighted by Crippen LogP contribution is 2.41. The molecule has 2 fully saturated rings. The summed E-state index contributed by atoms with van der Waals surface area (Å²) in [6, 6.07) is 3.96. The van der Waals surface area contributed by atoms with Gasteiger partial charge in [0.15, 0.2) is 0 Å². The van der Waals surface area contributed by atoms with E-state index in [0.29, 0.717) is 12.0 Å². The zero-order valence-corrected chi connectivity index (χ0v) is 12.9. The van der Waals surface area contributed by atoms with Gasteiger partial charge in [-0.1, -0.05) is 25.3 Å². The summed E-state index contributed by atoms with van der Waals surface area (Å²) in [5.74, 6) is 0.664. The summed E-state index contributed by atoms with van der Waals surface area (Å²) in [4.78, 5) is 4.22. The standard InChI is InChI=1S/C17H26N2O2/c1-20-16-6-5-14(12-19-16)11-18-13-15-7-10-17(21-15)8-3-2-4-9-17/h5-6,12,15,18H,2-4,7-11,13H2,1H3. The van der Waals surface area contributed by atoms with Gasteiger partial charge in [0.05, 0.1) is 18.8 Å². The summed E-state index contributed by atoms with van der Waals surface area (Å²) in [5.41, 5.74) is 1.41. The molecule has 1 unspecified atom stereocenters. The number of methoxy groups -OCH3 is 1. The molecule has 2 aliphatic rings. The quantitative estimate of drug-likeness (QED) is 0.905. The van der Waals surface area contributed by atoms with E-state index in [1.165, 1.54) is 50.5 Å². The molecule has 1 saturated carbocycles. The normalized spacial score (nSPS) is 24.3. The summed E-state index contributed by atoms with van der Waals surface area (Å²) in [5, 5.41) is 3.50. The van der Waals surface area contributed by atoms with Crippen LogP contribution >= 0.6 is 0 Å². The molecule has 4 heteroatoms. The third kappa shape index (κ3) is 3.74. The number of hydrogen-bond acceptors (Lipinski definition) is 4. The Morgan fingerprint density at radius 2 is 2.14 bits per heavy atom. The van der Waals surface area contributed by atoms with E-state index in [1.807, 2.05) is 12.3 Å². The molecule has 2 heterocycles. The third-order valence-electron chi connectivity index (χ3n) is 4.81. The van der Waals surface area contributed by atoms with Gasteiger partial charge in [0.2, 0.25) is 5.88 Å². The first-order valence-electron chi connectivity index (χ1n) is 8.17. The minimum atomic E-state index is 0.228. The Labute approximate surface area is 127 Å². The summed E-state index contributed by atoms with van der Waals surface area (Å²) >= 11 is 0. The molecule has 4 nitrogen and oxygen atoms in total. The van der Waals surface area contributed by atoms with Crippen molar-refractivity contribution in [3.05, 3.63) is 23.9 Å². The number of aromatic nitrogens is 1. The first-order valence-corrected chi connectivity index (χ1v) is 8.17. The molecule has 1 aliphatic heterocycles. The lowest BCUT2D eigenvalue weighted by atomic mass is 9.83. The molecule has 1 aliphatic carbocycles. The topological polar surface area (TPSA) is 43.4 Å². The molecule has 0 amide bonds. The highest BCUT2D eigenvalue weighted by molar-refractivity contribution is 5.17. The van der Waals surface area contributed by atoms with Crippen LogP contribution in [0.2, 0.25) is 0 Å². The van der Waals surface area contributed by atoms with Gasteiger partial charge in [-0.3, -0.25) is 0 Å². The molecule has 1 aromatic rings. The molecule has 1 saturated heterocycles. The molecule has 0 aromatic carbocycles. The highest BCUT2D eigenvalue weighted by Gasteiger charge is 2.40. The van der Waals surface area contributed by atoms with Crippen LogP contribution in [0, 0.1) is 0 Å². The van der Waals surface area contributed by atoms with E-state index in [-0.39, 0.29) is 5.60 Å². The second-order valence-corrected chi connectivity index (χ2v) is 6.36. The Morgan fingerprint density at radius 3 is 2.86 bits per heavy atom. The fourth-order valence-electron chi connectivity index (χ4n) is 3.62. The van der Waals surface area contributed by atoms with E-state index in [2.05, 4.69) is 16.4 Å². The fourth-order valence-corrected chi connectivity index (χ4v) is 3.62. The maximum absolute atomic E-state index is 6.37. The molecule has 1 spiro atoms. The number of rotatable bonds is 5. The van der Waals surface area contributed by atoms with Gasteiger partial charge in [-0.15, -0.1) is 0 Å². The van der Waals surface area contributed by atoms with Crippen LogP contribution in [-0.2, 0) is 11.3 Å². The number of nitrogens with zero attached hydrogens (tertiary/aromatic N) is 1. The largest absolute Gasteiger partial charge is 0.481 e. The van der Waals surface area contributed by atoms with Gasteiger partial charge in [0.1, 0.15) is 0 Å². The minimum Gasteiger partial charge on any atom is -0.481 e. The Hall–Kier alpha value is -1.13. The van der Waals surface area contributed by atoms with Crippen molar-refractivity contribution >= 4 is 0 Å². The Morgan fingerprint density at radius 1 is 1.29 bits per heavy atom. The van der Waals surface area contributed by atoms with E-state index in [0.717, 1.165) is 13.1 Å². The first-order chi connectivity index (χ1) is 10.3. The van der Waals surface area contributed by atoms with Gasteiger partial charge in [0, 0.05) is 25.4 Å². The first kappa shape index (κ1) is 14.8. The van der Waals surface area contributed by atoms with Gasteiger partial charge in [-0.2, -0.15) is 0 Å². The van der Waals surface area contributed by atoms with E-state index in [4.69, 9.17) is 9.47 Å². The van der Waals surface area contributed by atoms with Crippen molar-refractivity contribution in [1.82, 2.24) is 10.3 Å². The predicted octanol–water partition coefficient (Wildman–Crippen LogP) is 3.06. The Balaban J connectivity index is 1.41. The van der Waals surface area contributed by atoms with Crippen molar-refractivity contribution < 1.29 is 9.47 Å². The molecule has 1 N–H and O–H groups in total. The third-order valence-corrected chi connectivity index (χ3v) is 4.81. The van der Waals surface area contributed by atoms with Crippen molar-refractivity contribution in [2.45, 2.75) is 63.2 Å². The van der Waals surface area contributed by atoms with Crippen molar-refractivity contribution in [2.75, 3.05) is 13.7 Å². The van der Waals surface area contributed by atoms with Crippen LogP contribution in [0.25, 0.3) is 0 Å². The lowest BCUT2D eigenvalue weighted by Gasteiger charge is -2.33. The zero-order valence-electron chi connectivity index (χ0n) is 12.9. The molecule has 1 aromatic heterocycles. The average molecular weight is 290 g/mol. The van der Waals surface area contributed by atoms with Gasteiger partial charge in [0.25, 0.3) is 0 Å². The summed E-state index contributed by atoms with van der Waals surface area (Å²) in [6.07, 6.45) is 11.3. The van der Waals surface area contributed by atoms with Crippen LogP contribution in [0.3, 0.4) is 0 Å². The van der Waals surface area contributed by atoms with Crippen molar-refractivity contribution in [3.63, 3.8) is 0 Å². The number of hydrogen-bond donors (Lipinski definition) is 1. The van der Waals surface area contributed by atoms with Crippen LogP contribution in [-0.4, -0.2) is 30.3 Å². The molecule has 21 heavy (non-hydrogen) atoms. The van der Waals surface area contributed by atoms with Gasteiger partial charge in [-0.25, -0.2) is 4.98 Å². The molecule has 1 atom stereocenters. The fraction of sp³-hybridized carbons (Fsp3) is 0.706. The predicted molar refractivity (Wildman–Crippen MR) is 82.4 cm³/mol. The number of ether oxygens (including phenoxy) is 2. The van der Waals surface area contributed by atoms with Crippen LogP contribution in [0.1, 0.15) is 50.5 Å². The lowest BCUT2D eigenvalue weighted by molar-refractivity contribution is -0.0624. The lowest BCUT2D eigenvalue weighted by Crippen LogP contribution is -2.34. The van der Waals surface area contributed by atoms with Crippen LogP contribution in [0.5, 0.6) is 5.88 Å². The van der Waals surface area contributed by atoms with E-state index in [1.54, 1.807) is 7.11 Å². The minimum absolute atomic E-state index is 0.228. The zero-order chi connectivity index (χ0) is 14.5. The molecule has 0 radical (unpaired) electrons. The van der Waals surface area contributed by atoms with Crippen molar-refractivity contribution in [3.8, 4) is 5.88 Å². The molecule has 3 rings (SSSR count). The van der Waals surface area contributed by atoms with Crippen LogP contribution in [0.15, 0.2) is 18.3 Å². The summed E-state index contributed by atoms with van der Waals surface area (Å²) in [6.45, 7) is 1.78. The Kier molecular flexibility index (Phi) is 4.76. The van der Waals surface area contributed by atoms with Gasteiger partial charge in [-0.05, 0) is 31.2 Å². The van der Waals surface area contributed by atoms with E-state index >= 15 is 0 Å². The molecule has 116 valence electrons. The van der Waals surface area contributed by atoms with Crippen molar-refractivity contribution in [2.24, 2.45) is 0 Å². The monoisotopic (exact) mass is 290 g/mol. The van der Waals surface area contributed by atoms with Gasteiger partial charge >= 0.3 is 0 Å². The van der Waals surface area contributed by atoms with Crippen LogP contribution < -0.4 is 10.1 Å². The van der Waals surface area contributed by atoms with E-state index < -0.39 is 0 Å². The summed E-state index contributed by atoms with van der Waals surface area (Å²) in [7, 11) is 1.64. The second-order valence-electron chi connectivity index (χ2n) is 6.36. The van der Waals surface area contributed by atoms with Crippen LogP contribution in [0.4, 0.5) is 0 Å². The second kappa shape index (κ2) is 6.75. The SMILES string of the molecule is COc1ccc(CNCC2CCC3(CCCCC3)O2)cn1.